The van der Waals surface area contributed by atoms with Crippen molar-refractivity contribution in [3.63, 3.8) is 0 Å². The van der Waals surface area contributed by atoms with E-state index in [0.717, 1.165) is 60.8 Å². The number of nitrogen functional groups attached to an aromatic ring is 1. The van der Waals surface area contributed by atoms with Crippen molar-refractivity contribution in [3.8, 4) is 5.75 Å². The van der Waals surface area contributed by atoms with Gasteiger partial charge in [0, 0.05) is 44.5 Å². The van der Waals surface area contributed by atoms with Gasteiger partial charge in [-0.3, -0.25) is 4.90 Å². The van der Waals surface area contributed by atoms with Crippen LogP contribution in [0.25, 0.3) is 11.0 Å². The van der Waals surface area contributed by atoms with Gasteiger partial charge in [0.2, 0.25) is 5.95 Å². The number of rotatable bonds is 19. The first-order chi connectivity index (χ1) is 19.6. The van der Waals surface area contributed by atoms with Crippen LogP contribution >= 0.6 is 0 Å². The molecule has 1 saturated heterocycles. The summed E-state index contributed by atoms with van der Waals surface area (Å²) in [6.07, 6.45) is 5.71. The van der Waals surface area contributed by atoms with E-state index in [2.05, 4.69) is 49.9 Å². The molecule has 1 aliphatic heterocycles. The van der Waals surface area contributed by atoms with Gasteiger partial charge in [-0.05, 0) is 24.1 Å². The van der Waals surface area contributed by atoms with E-state index in [-0.39, 0.29) is 12.1 Å². The molecule has 0 saturated carbocycles. The Labute approximate surface area is 237 Å². The van der Waals surface area contributed by atoms with E-state index in [0.29, 0.717) is 46.1 Å². The summed E-state index contributed by atoms with van der Waals surface area (Å²) in [6.45, 7) is 9.79. The number of methoxy groups -OCH3 is 1. The summed E-state index contributed by atoms with van der Waals surface area (Å²) in [6, 6.07) is 8.44. The lowest BCUT2D eigenvalue weighted by atomic mass is 10.1. The minimum atomic E-state index is 0.251. The van der Waals surface area contributed by atoms with Crippen LogP contribution in [-0.2, 0) is 27.3 Å². The molecule has 0 atom stereocenters. The highest BCUT2D eigenvalue weighted by Crippen LogP contribution is 2.28. The Kier molecular flexibility index (Phi) is 11.8. The quantitative estimate of drug-likeness (QED) is 0.190. The van der Waals surface area contributed by atoms with Gasteiger partial charge in [-0.15, -0.1) is 0 Å². The first kappa shape index (κ1) is 30.0. The second-order valence-corrected chi connectivity index (χ2v) is 10.1. The maximum Gasteiger partial charge on any atom is 0.222 e. The van der Waals surface area contributed by atoms with Crippen LogP contribution < -0.4 is 21.5 Å². The average Bonchev–Trinajstić information content (AvgIpc) is 3.33. The monoisotopic (exact) mass is 555 g/mol. The number of hydrogen-bond acceptors (Lipinski definition) is 10. The van der Waals surface area contributed by atoms with E-state index in [1.807, 2.05) is 12.3 Å². The van der Waals surface area contributed by atoms with Crippen molar-refractivity contribution in [2.75, 3.05) is 77.4 Å². The number of unbranched alkanes of at least 4 members (excludes halogenated alkanes) is 2. The van der Waals surface area contributed by atoms with Crippen molar-refractivity contribution < 1.29 is 18.9 Å². The smallest absolute Gasteiger partial charge is 0.222 e. The molecule has 3 heterocycles. The van der Waals surface area contributed by atoms with E-state index >= 15 is 0 Å². The second kappa shape index (κ2) is 15.7. The third-order valence-electron chi connectivity index (χ3n) is 6.94. The van der Waals surface area contributed by atoms with E-state index < -0.39 is 0 Å². The molecule has 0 aliphatic carbocycles. The van der Waals surface area contributed by atoms with Crippen LogP contribution in [0.2, 0.25) is 0 Å². The van der Waals surface area contributed by atoms with Crippen molar-refractivity contribution >= 4 is 22.8 Å². The number of likely N-dealkylation sites (tertiary alicyclic amines) is 1. The largest absolute Gasteiger partial charge is 0.496 e. The van der Waals surface area contributed by atoms with Gasteiger partial charge in [0.25, 0.3) is 0 Å². The molecule has 40 heavy (non-hydrogen) atoms. The molecule has 0 unspecified atom stereocenters. The van der Waals surface area contributed by atoms with Crippen molar-refractivity contribution in [1.82, 2.24) is 19.4 Å². The normalized spacial score (nSPS) is 14.1. The Hall–Kier alpha value is -2.96. The third-order valence-corrected chi connectivity index (χ3v) is 6.94. The molecule has 11 heteroatoms. The van der Waals surface area contributed by atoms with Crippen molar-refractivity contribution in [2.24, 2.45) is 5.73 Å². The molecule has 1 aromatic carbocycles. The van der Waals surface area contributed by atoms with Crippen LogP contribution in [0.3, 0.4) is 0 Å². The molecule has 220 valence electrons. The van der Waals surface area contributed by atoms with E-state index in [1.165, 1.54) is 18.4 Å². The number of anilines is 2. The SMILES string of the molecule is CCCCCNc1nc(N)nc2ccn(Cc3ccc(CN4CC(OCCOCCOCCN)C4)cc3OC)c12. The van der Waals surface area contributed by atoms with Crippen LogP contribution in [0.4, 0.5) is 11.8 Å². The topological polar surface area (TPSA) is 135 Å². The minimum Gasteiger partial charge on any atom is -0.496 e. The lowest BCUT2D eigenvalue weighted by Gasteiger charge is -2.39. The van der Waals surface area contributed by atoms with Gasteiger partial charge in [-0.1, -0.05) is 31.9 Å². The standard InChI is InChI=1S/C29H45N7O4/c1-3-4-5-10-32-28-27-25(33-29(31)34-28)8-11-36(27)19-23-7-6-22(17-26(23)37-2)18-35-20-24(21-35)40-16-15-39-14-13-38-12-9-30/h6-8,11,17,24H,3-5,9-10,12-16,18-21,30H2,1-2H3,(H3,31,32,33,34). The molecule has 3 aromatic rings. The van der Waals surface area contributed by atoms with Crippen LogP contribution in [0.15, 0.2) is 30.5 Å². The fourth-order valence-electron chi connectivity index (χ4n) is 4.86. The molecule has 4 rings (SSSR count). The maximum atomic E-state index is 5.98. The fourth-order valence-corrected chi connectivity index (χ4v) is 4.86. The number of nitrogens with one attached hydrogen (secondary N) is 1. The first-order valence-corrected chi connectivity index (χ1v) is 14.3. The summed E-state index contributed by atoms with van der Waals surface area (Å²) >= 11 is 0. The van der Waals surface area contributed by atoms with Crippen LogP contribution in [0, 0.1) is 0 Å². The molecule has 1 aliphatic rings. The lowest BCUT2D eigenvalue weighted by Crippen LogP contribution is -2.51. The molecule has 5 N–H and O–H groups in total. The van der Waals surface area contributed by atoms with Crippen LogP contribution in [0.1, 0.15) is 37.3 Å². The predicted octanol–water partition coefficient (Wildman–Crippen LogP) is 2.87. The van der Waals surface area contributed by atoms with E-state index in [9.17, 15) is 0 Å². The van der Waals surface area contributed by atoms with Crippen LogP contribution in [-0.4, -0.2) is 91.9 Å². The Morgan fingerprint density at radius 1 is 1.00 bits per heavy atom. The highest BCUT2D eigenvalue weighted by Gasteiger charge is 2.27. The van der Waals surface area contributed by atoms with Crippen molar-refractivity contribution in [2.45, 2.75) is 45.4 Å². The zero-order chi connectivity index (χ0) is 28.2. The summed E-state index contributed by atoms with van der Waals surface area (Å²) in [4.78, 5) is 11.3. The first-order valence-electron chi connectivity index (χ1n) is 14.3. The van der Waals surface area contributed by atoms with Gasteiger partial charge >= 0.3 is 0 Å². The maximum absolute atomic E-state index is 5.98. The summed E-state index contributed by atoms with van der Waals surface area (Å²) in [7, 11) is 1.72. The molecular weight excluding hydrogens is 510 g/mol. The Bertz CT molecular complexity index is 1180. The van der Waals surface area contributed by atoms with E-state index in [1.54, 1.807) is 7.11 Å². The highest BCUT2D eigenvalue weighted by atomic mass is 16.5. The van der Waals surface area contributed by atoms with Crippen molar-refractivity contribution in [1.29, 1.82) is 0 Å². The Morgan fingerprint density at radius 2 is 1.80 bits per heavy atom. The summed E-state index contributed by atoms with van der Waals surface area (Å²) in [5, 5.41) is 3.46. The summed E-state index contributed by atoms with van der Waals surface area (Å²) in [5.41, 5.74) is 15.5. The van der Waals surface area contributed by atoms with Crippen molar-refractivity contribution in [3.05, 3.63) is 41.6 Å². The zero-order valence-electron chi connectivity index (χ0n) is 23.9. The third kappa shape index (κ3) is 8.52. The van der Waals surface area contributed by atoms with Gasteiger partial charge in [0.1, 0.15) is 11.3 Å². The molecule has 11 nitrogen and oxygen atoms in total. The molecule has 0 amide bonds. The zero-order valence-corrected chi connectivity index (χ0v) is 23.9. The fraction of sp³-hybridized carbons (Fsp3) is 0.586. The number of aromatic nitrogens is 3. The number of nitrogens with two attached hydrogens (primary N) is 2. The summed E-state index contributed by atoms with van der Waals surface area (Å²) < 4.78 is 24.7. The molecule has 2 aromatic heterocycles. The Morgan fingerprint density at radius 3 is 2.58 bits per heavy atom. The number of fused-ring (bicyclic) bond motifs is 1. The molecule has 0 spiro atoms. The van der Waals surface area contributed by atoms with Gasteiger partial charge in [-0.25, -0.2) is 4.98 Å². The van der Waals surface area contributed by atoms with Gasteiger partial charge in [0.15, 0.2) is 5.82 Å². The molecule has 0 bridgehead atoms. The minimum absolute atomic E-state index is 0.251. The number of nitrogens with zero attached hydrogens (tertiary/aromatic N) is 4. The van der Waals surface area contributed by atoms with Gasteiger partial charge in [-0.2, -0.15) is 4.98 Å². The molecule has 1 fully saturated rings. The number of hydrogen-bond donors (Lipinski definition) is 3. The molecule has 0 radical (unpaired) electrons. The Balaban J connectivity index is 1.28. The lowest BCUT2D eigenvalue weighted by molar-refractivity contribution is -0.0763. The predicted molar refractivity (Wildman–Crippen MR) is 158 cm³/mol. The summed E-state index contributed by atoms with van der Waals surface area (Å²) in [5.74, 6) is 1.92. The van der Waals surface area contributed by atoms with Crippen LogP contribution in [0.5, 0.6) is 5.75 Å². The highest BCUT2D eigenvalue weighted by molar-refractivity contribution is 5.87. The molecular formula is C29H45N7O4. The van der Waals surface area contributed by atoms with E-state index in [4.69, 9.17) is 30.4 Å². The number of ether oxygens (including phenoxy) is 4. The van der Waals surface area contributed by atoms with Gasteiger partial charge in [0.05, 0.1) is 58.3 Å². The van der Waals surface area contributed by atoms with Gasteiger partial charge < -0.3 is 40.3 Å². The number of benzene rings is 1. The second-order valence-electron chi connectivity index (χ2n) is 10.1. The average molecular weight is 556 g/mol.